The largest absolute Gasteiger partial charge is 0.419 e. The molecule has 4 aliphatic carbocycles. The number of anilines is 1. The highest BCUT2D eigenvalue weighted by atomic mass is 19.4. The summed E-state index contributed by atoms with van der Waals surface area (Å²) in [6.07, 6.45) is -0.00134. The molecule has 2 aromatic rings. The number of halogens is 3. The molecule has 0 aromatic carbocycles. The Bertz CT molecular complexity index is 1040. The molecule has 1 aliphatic heterocycles. The van der Waals surface area contributed by atoms with Crippen LogP contribution in [0.1, 0.15) is 37.6 Å². The summed E-state index contributed by atoms with van der Waals surface area (Å²) in [6.45, 7) is 7.74. The molecule has 5 fully saturated rings. The van der Waals surface area contributed by atoms with E-state index in [9.17, 15) is 13.2 Å². The third-order valence-electron chi connectivity index (χ3n) is 7.88. The first-order chi connectivity index (χ1) is 14.7. The van der Waals surface area contributed by atoms with E-state index >= 15 is 0 Å². The molecule has 5 atom stereocenters. The molecule has 166 valence electrons. The van der Waals surface area contributed by atoms with E-state index in [0.29, 0.717) is 35.1 Å². The second-order valence-electron chi connectivity index (χ2n) is 9.66. The number of alkyl halides is 3. The van der Waals surface area contributed by atoms with E-state index in [1.54, 1.807) is 0 Å². The predicted octanol–water partition coefficient (Wildman–Crippen LogP) is 3.35. The molecule has 7 rings (SSSR count). The number of pyridine rings is 1. The summed E-state index contributed by atoms with van der Waals surface area (Å²) in [6, 6.07) is 1.65. The summed E-state index contributed by atoms with van der Waals surface area (Å²) in [7, 11) is 0. The van der Waals surface area contributed by atoms with Crippen LogP contribution in [0.15, 0.2) is 18.5 Å². The van der Waals surface area contributed by atoms with Crippen LogP contribution in [0.3, 0.4) is 0 Å². The average molecular weight is 433 g/mol. The molecule has 5 aliphatic rings. The zero-order chi connectivity index (χ0) is 21.7. The maximum Gasteiger partial charge on any atom is 0.419 e. The van der Waals surface area contributed by atoms with Crippen molar-refractivity contribution in [2.24, 2.45) is 17.8 Å². The molecule has 31 heavy (non-hydrogen) atoms. The number of rotatable bonds is 4. The molecule has 6 nitrogen and oxygen atoms in total. The highest BCUT2D eigenvalue weighted by Gasteiger charge is 2.93. The Balaban J connectivity index is 1.35. The lowest BCUT2D eigenvalue weighted by molar-refractivity contribution is -0.137. The molecular weight excluding hydrogens is 407 g/mol. The Hall–Kier alpha value is -2.13. The third-order valence-corrected chi connectivity index (χ3v) is 7.88. The van der Waals surface area contributed by atoms with Crippen molar-refractivity contribution < 1.29 is 17.9 Å². The first-order valence-electron chi connectivity index (χ1n) is 11.0. The van der Waals surface area contributed by atoms with Gasteiger partial charge in [0.15, 0.2) is 0 Å². The SMILES string of the molecule is CC(C)c1nc(-c2cnc(N)c(C(F)(F)F)c2)cn1[C@]12C3C(N4CCOCC4)C[C@@H]1[C@H]32. The number of ether oxygens (including phenoxy) is 1. The van der Waals surface area contributed by atoms with Crippen LogP contribution in [-0.4, -0.2) is 51.8 Å². The van der Waals surface area contributed by atoms with E-state index in [2.05, 4.69) is 28.3 Å². The van der Waals surface area contributed by atoms with E-state index < -0.39 is 17.6 Å². The Kier molecular flexibility index (Phi) is 3.92. The molecule has 2 N–H and O–H groups in total. The summed E-state index contributed by atoms with van der Waals surface area (Å²) in [5.74, 6) is 2.56. The molecule has 0 amide bonds. The van der Waals surface area contributed by atoms with E-state index in [-0.39, 0.29) is 11.5 Å². The van der Waals surface area contributed by atoms with E-state index in [4.69, 9.17) is 15.5 Å². The highest BCUT2D eigenvalue weighted by Crippen LogP contribution is 2.89. The molecule has 3 heterocycles. The molecule has 2 aromatic heterocycles. The molecule has 4 saturated carbocycles. The van der Waals surface area contributed by atoms with Crippen molar-refractivity contribution in [2.45, 2.75) is 43.9 Å². The number of nitrogens with two attached hydrogens (primary N) is 1. The Morgan fingerprint density at radius 1 is 1.23 bits per heavy atom. The summed E-state index contributed by atoms with van der Waals surface area (Å²) < 4.78 is 47.8. The van der Waals surface area contributed by atoms with Crippen LogP contribution < -0.4 is 5.73 Å². The van der Waals surface area contributed by atoms with Crippen molar-refractivity contribution in [3.05, 3.63) is 29.8 Å². The molecule has 9 heteroatoms. The van der Waals surface area contributed by atoms with Gasteiger partial charge in [-0.25, -0.2) is 9.97 Å². The minimum Gasteiger partial charge on any atom is -0.383 e. The lowest BCUT2D eigenvalue weighted by Crippen LogP contribution is -2.43. The van der Waals surface area contributed by atoms with Crippen molar-refractivity contribution in [1.29, 1.82) is 0 Å². The van der Waals surface area contributed by atoms with Crippen molar-refractivity contribution in [3.8, 4) is 11.3 Å². The van der Waals surface area contributed by atoms with Gasteiger partial charge in [-0.15, -0.1) is 0 Å². The lowest BCUT2D eigenvalue weighted by atomic mass is 10.1. The highest BCUT2D eigenvalue weighted by molar-refractivity contribution is 5.63. The minimum absolute atomic E-state index is 0.113. The summed E-state index contributed by atoms with van der Waals surface area (Å²) in [5.41, 5.74) is 5.58. The Morgan fingerprint density at radius 2 is 1.97 bits per heavy atom. The van der Waals surface area contributed by atoms with E-state index in [1.807, 2.05) is 6.20 Å². The zero-order valence-electron chi connectivity index (χ0n) is 17.6. The van der Waals surface area contributed by atoms with Gasteiger partial charge in [0.25, 0.3) is 0 Å². The maximum atomic E-state index is 13.3. The fraction of sp³-hybridized carbons (Fsp3) is 0.636. The van der Waals surface area contributed by atoms with Gasteiger partial charge in [0.05, 0.1) is 30.0 Å². The lowest BCUT2D eigenvalue weighted by Gasteiger charge is -2.32. The van der Waals surface area contributed by atoms with E-state index in [1.165, 1.54) is 12.6 Å². The molecule has 0 radical (unpaired) electrons. The van der Waals surface area contributed by atoms with Crippen molar-refractivity contribution in [3.63, 3.8) is 0 Å². The molecule has 2 bridgehead atoms. The van der Waals surface area contributed by atoms with Gasteiger partial charge < -0.3 is 15.0 Å². The second-order valence-corrected chi connectivity index (χ2v) is 9.66. The summed E-state index contributed by atoms with van der Waals surface area (Å²) in [5, 5.41) is 0. The predicted molar refractivity (Wildman–Crippen MR) is 108 cm³/mol. The standard InChI is InChI=1S/C22H26F3N5O/c1-11(2)20-28-15(12-7-14(22(23,24)25)19(26)27-9-12)10-30(20)21-13-8-16(18(21)17(13)21)29-3-5-31-6-4-29/h7,9-11,13,16-18H,3-6,8H2,1-2H3,(H2,26,27)/t13-,16?,17-,18?,21-/m1/s1. The topological polar surface area (TPSA) is 69.2 Å². The van der Waals surface area contributed by atoms with Crippen LogP contribution >= 0.6 is 0 Å². The van der Waals surface area contributed by atoms with Crippen LogP contribution in [0.4, 0.5) is 19.0 Å². The van der Waals surface area contributed by atoms with Gasteiger partial charge in [0.1, 0.15) is 11.6 Å². The number of aromatic nitrogens is 3. The number of hydrogen-bond acceptors (Lipinski definition) is 5. The number of hydrogen-bond donors (Lipinski definition) is 1. The van der Waals surface area contributed by atoms with Gasteiger partial charge in [-0.3, -0.25) is 4.90 Å². The maximum absolute atomic E-state index is 13.3. The molecule has 2 unspecified atom stereocenters. The van der Waals surface area contributed by atoms with Gasteiger partial charge in [-0.1, -0.05) is 13.8 Å². The van der Waals surface area contributed by atoms with Gasteiger partial charge in [0.2, 0.25) is 0 Å². The van der Waals surface area contributed by atoms with Crippen molar-refractivity contribution in [2.75, 3.05) is 32.0 Å². The zero-order valence-corrected chi connectivity index (χ0v) is 17.6. The van der Waals surface area contributed by atoms with Gasteiger partial charge in [-0.05, 0) is 24.3 Å². The summed E-state index contributed by atoms with van der Waals surface area (Å²) >= 11 is 0. The van der Waals surface area contributed by atoms with E-state index in [0.717, 1.165) is 38.2 Å². The monoisotopic (exact) mass is 433 g/mol. The molecule has 0 spiro atoms. The minimum atomic E-state index is -4.54. The number of nitrogen functional groups attached to an aromatic ring is 1. The number of morpholine rings is 1. The first-order valence-corrected chi connectivity index (χ1v) is 11.0. The van der Waals surface area contributed by atoms with Crippen LogP contribution in [0.25, 0.3) is 11.3 Å². The van der Waals surface area contributed by atoms with Gasteiger partial charge in [0, 0.05) is 48.9 Å². The fourth-order valence-electron chi connectivity index (χ4n) is 6.49. The quantitative estimate of drug-likeness (QED) is 0.801. The molecular formula is C22H26F3N5O. The third kappa shape index (κ3) is 2.59. The van der Waals surface area contributed by atoms with Crippen LogP contribution in [0, 0.1) is 17.8 Å². The van der Waals surface area contributed by atoms with Crippen LogP contribution in [0.5, 0.6) is 0 Å². The Labute approximate surface area is 178 Å². The number of fused-ring (bicyclic) bond motifs is 1. The van der Waals surface area contributed by atoms with Gasteiger partial charge in [-0.2, -0.15) is 13.2 Å². The average Bonchev–Trinajstić information content (AvgIpc) is 3.30. The molecule has 1 saturated heterocycles. The van der Waals surface area contributed by atoms with Crippen LogP contribution in [0.2, 0.25) is 0 Å². The second kappa shape index (κ2) is 6.22. The summed E-state index contributed by atoms with van der Waals surface area (Å²) in [4.78, 5) is 11.2. The Morgan fingerprint density at radius 3 is 2.61 bits per heavy atom. The fourth-order valence-corrected chi connectivity index (χ4v) is 6.49. The smallest absolute Gasteiger partial charge is 0.383 e. The number of imidazole rings is 1. The van der Waals surface area contributed by atoms with Crippen molar-refractivity contribution >= 4 is 5.82 Å². The first kappa shape index (κ1) is 19.5. The van der Waals surface area contributed by atoms with Crippen LogP contribution in [-0.2, 0) is 16.5 Å². The van der Waals surface area contributed by atoms with Crippen molar-refractivity contribution in [1.82, 2.24) is 19.4 Å². The number of nitrogens with zero attached hydrogens (tertiary/aromatic N) is 4. The normalized spacial score (nSPS) is 34.3. The van der Waals surface area contributed by atoms with Gasteiger partial charge >= 0.3 is 6.18 Å².